The molecule has 5 heteroatoms. The molecule has 4 nitrogen and oxygen atoms in total. The van der Waals surface area contributed by atoms with Gasteiger partial charge in [-0.25, -0.2) is 4.98 Å². The maximum absolute atomic E-state index is 12.7. The zero-order valence-corrected chi connectivity index (χ0v) is 20.4. The fourth-order valence-electron chi connectivity index (χ4n) is 4.59. The Bertz CT molecular complexity index is 1330. The highest BCUT2D eigenvalue weighted by molar-refractivity contribution is 7.16. The zero-order valence-electron chi connectivity index (χ0n) is 19.6. The van der Waals surface area contributed by atoms with Crippen molar-refractivity contribution in [3.63, 3.8) is 0 Å². The second-order valence-corrected chi connectivity index (χ2v) is 10.1. The van der Waals surface area contributed by atoms with Crippen LogP contribution in [-0.2, 0) is 24.1 Å². The van der Waals surface area contributed by atoms with Gasteiger partial charge in [-0.15, -0.1) is 11.3 Å². The molecule has 1 heterocycles. The van der Waals surface area contributed by atoms with E-state index in [0.717, 1.165) is 35.4 Å². The number of amides is 1. The summed E-state index contributed by atoms with van der Waals surface area (Å²) in [5, 5.41) is 3.50. The van der Waals surface area contributed by atoms with Crippen molar-refractivity contribution in [1.29, 1.82) is 0 Å². The first-order valence-electron chi connectivity index (χ1n) is 12.2. The molecule has 1 amide bonds. The Morgan fingerprint density at radius 3 is 2.31 bits per heavy atom. The van der Waals surface area contributed by atoms with Gasteiger partial charge in [0, 0.05) is 35.3 Å². The van der Waals surface area contributed by atoms with Crippen LogP contribution in [0.15, 0.2) is 78.9 Å². The molecular formula is C30H28N2O2S. The van der Waals surface area contributed by atoms with Crippen LogP contribution in [0, 0.1) is 0 Å². The first kappa shape index (κ1) is 23.2. The Hall–Kier alpha value is -3.57. The summed E-state index contributed by atoms with van der Waals surface area (Å²) in [5.74, 6) is -0.168. The number of nitrogens with one attached hydrogen (secondary N) is 1. The summed E-state index contributed by atoms with van der Waals surface area (Å²) in [4.78, 5) is 31.3. The molecule has 0 unspecified atom stereocenters. The summed E-state index contributed by atoms with van der Waals surface area (Å²) < 4.78 is 0. The minimum absolute atomic E-state index is 0.0161. The molecule has 1 N–H and O–H groups in total. The third-order valence-electron chi connectivity index (χ3n) is 6.45. The van der Waals surface area contributed by atoms with Gasteiger partial charge < -0.3 is 5.32 Å². The van der Waals surface area contributed by atoms with Gasteiger partial charge in [-0.3, -0.25) is 9.59 Å². The smallest absolute Gasteiger partial charge is 0.226 e. The minimum Gasteiger partial charge on any atom is -0.302 e. The largest absolute Gasteiger partial charge is 0.302 e. The van der Waals surface area contributed by atoms with Crippen LogP contribution in [-0.4, -0.2) is 16.7 Å². The first-order chi connectivity index (χ1) is 17.2. The van der Waals surface area contributed by atoms with Crippen LogP contribution >= 0.6 is 11.3 Å². The molecule has 1 aromatic heterocycles. The molecule has 0 spiro atoms. The summed E-state index contributed by atoms with van der Waals surface area (Å²) in [6.45, 7) is 0. The van der Waals surface area contributed by atoms with E-state index in [-0.39, 0.29) is 24.5 Å². The zero-order chi connectivity index (χ0) is 24.0. The van der Waals surface area contributed by atoms with Crippen LogP contribution in [0.4, 0.5) is 5.13 Å². The Kier molecular flexibility index (Phi) is 7.15. The summed E-state index contributed by atoms with van der Waals surface area (Å²) in [7, 11) is 0. The second kappa shape index (κ2) is 10.8. The van der Waals surface area contributed by atoms with E-state index in [1.54, 1.807) is 0 Å². The number of Topliss-reactive ketones (excluding diaryl/α,β-unsaturated/α-hetero) is 1. The van der Waals surface area contributed by atoms with Crippen molar-refractivity contribution >= 4 is 28.2 Å². The van der Waals surface area contributed by atoms with E-state index in [1.165, 1.54) is 40.9 Å². The van der Waals surface area contributed by atoms with E-state index in [1.807, 2.05) is 60.7 Å². The lowest BCUT2D eigenvalue weighted by atomic mass is 9.89. The Morgan fingerprint density at radius 2 is 1.54 bits per heavy atom. The number of aromatic nitrogens is 1. The molecule has 0 saturated carbocycles. The molecule has 1 aliphatic rings. The monoisotopic (exact) mass is 480 g/mol. The fraction of sp³-hybridized carbons (Fsp3) is 0.233. The van der Waals surface area contributed by atoms with Gasteiger partial charge in [0.25, 0.3) is 0 Å². The average Bonchev–Trinajstić information content (AvgIpc) is 3.29. The van der Waals surface area contributed by atoms with Crippen molar-refractivity contribution in [2.24, 2.45) is 0 Å². The average molecular weight is 481 g/mol. The predicted octanol–water partition coefficient (Wildman–Crippen LogP) is 6.88. The Labute approximate surface area is 210 Å². The molecule has 0 bridgehead atoms. The first-order valence-corrected chi connectivity index (χ1v) is 13.0. The summed E-state index contributed by atoms with van der Waals surface area (Å²) in [6.07, 6.45) is 5.61. The molecule has 0 radical (unpaired) electrons. The number of anilines is 1. The molecule has 5 rings (SSSR count). The van der Waals surface area contributed by atoms with Crippen molar-refractivity contribution < 1.29 is 9.59 Å². The third-order valence-corrected chi connectivity index (χ3v) is 7.42. The van der Waals surface area contributed by atoms with Crippen LogP contribution in [0.2, 0.25) is 0 Å². The van der Waals surface area contributed by atoms with Crippen LogP contribution in [0.25, 0.3) is 11.3 Å². The van der Waals surface area contributed by atoms with Crippen LogP contribution in [0.1, 0.15) is 57.6 Å². The normalized spacial score (nSPS) is 12.7. The Balaban J connectivity index is 1.26. The second-order valence-electron chi connectivity index (χ2n) is 8.98. The highest BCUT2D eigenvalue weighted by Gasteiger charge is 2.17. The lowest BCUT2D eigenvalue weighted by Gasteiger charge is -2.16. The molecule has 0 aliphatic heterocycles. The number of carbonyl (C=O) groups excluding carboxylic acids is 2. The third kappa shape index (κ3) is 5.75. The molecule has 0 atom stereocenters. The van der Waals surface area contributed by atoms with Gasteiger partial charge in [0.05, 0.1) is 5.69 Å². The minimum atomic E-state index is -0.184. The molecule has 1 aliphatic carbocycles. The summed E-state index contributed by atoms with van der Waals surface area (Å²) in [5.41, 5.74) is 6.47. The number of hydrogen-bond acceptors (Lipinski definition) is 4. The van der Waals surface area contributed by atoms with Crippen molar-refractivity contribution in [2.45, 2.75) is 44.9 Å². The van der Waals surface area contributed by atoms with E-state index in [2.05, 4.69) is 23.5 Å². The summed E-state index contributed by atoms with van der Waals surface area (Å²) in [6, 6.07) is 26.3. The number of benzene rings is 3. The number of carbonyl (C=O) groups is 2. The summed E-state index contributed by atoms with van der Waals surface area (Å²) >= 11 is 1.50. The number of ketones is 1. The van der Waals surface area contributed by atoms with Gasteiger partial charge in [-0.05, 0) is 48.4 Å². The highest BCUT2D eigenvalue weighted by Crippen LogP contribution is 2.33. The van der Waals surface area contributed by atoms with Gasteiger partial charge in [-0.1, -0.05) is 72.8 Å². The van der Waals surface area contributed by atoms with E-state index < -0.39 is 0 Å². The van der Waals surface area contributed by atoms with Gasteiger partial charge in [0.1, 0.15) is 0 Å². The fourth-order valence-corrected chi connectivity index (χ4v) is 5.62. The molecule has 35 heavy (non-hydrogen) atoms. The lowest BCUT2D eigenvalue weighted by Crippen LogP contribution is -2.14. The topological polar surface area (TPSA) is 59.1 Å². The molecule has 4 aromatic rings. The molecule has 0 saturated heterocycles. The number of aryl methyl sites for hydroxylation is 2. The van der Waals surface area contributed by atoms with Crippen molar-refractivity contribution in [3.8, 4) is 11.3 Å². The number of nitrogens with zero attached hydrogens (tertiary/aromatic N) is 1. The van der Waals surface area contributed by atoms with E-state index in [0.29, 0.717) is 10.7 Å². The van der Waals surface area contributed by atoms with Gasteiger partial charge in [0.15, 0.2) is 10.9 Å². The molecule has 3 aromatic carbocycles. The molecule has 176 valence electrons. The number of thiazole rings is 1. The number of rotatable bonds is 8. The SMILES string of the molecule is O=C(CCC(=O)c1ccc2c(c1)CCCC2)Nc1nc(-c2ccccc2)c(Cc2ccccc2)s1. The predicted molar refractivity (Wildman–Crippen MR) is 142 cm³/mol. The van der Waals surface area contributed by atoms with Gasteiger partial charge in [0.2, 0.25) is 5.91 Å². The van der Waals surface area contributed by atoms with Crippen molar-refractivity contribution in [1.82, 2.24) is 4.98 Å². The van der Waals surface area contributed by atoms with Crippen LogP contribution in [0.3, 0.4) is 0 Å². The standard InChI is InChI=1S/C30H28N2O2S/c33-26(25-16-15-22-11-7-8-14-24(22)20-25)17-18-28(34)31-30-32-29(23-12-5-2-6-13-23)27(35-30)19-21-9-3-1-4-10-21/h1-6,9-10,12-13,15-16,20H,7-8,11,14,17-19H2,(H,31,32,34). The number of hydrogen-bond donors (Lipinski definition) is 1. The van der Waals surface area contributed by atoms with E-state index in [9.17, 15) is 9.59 Å². The number of fused-ring (bicyclic) bond motifs is 1. The molecule has 0 fully saturated rings. The van der Waals surface area contributed by atoms with Crippen LogP contribution < -0.4 is 5.32 Å². The lowest BCUT2D eigenvalue weighted by molar-refractivity contribution is -0.116. The highest BCUT2D eigenvalue weighted by atomic mass is 32.1. The maximum Gasteiger partial charge on any atom is 0.226 e. The quantitative estimate of drug-likeness (QED) is 0.280. The van der Waals surface area contributed by atoms with Gasteiger partial charge >= 0.3 is 0 Å². The van der Waals surface area contributed by atoms with Crippen molar-refractivity contribution in [2.75, 3.05) is 5.32 Å². The van der Waals surface area contributed by atoms with Crippen LogP contribution in [0.5, 0.6) is 0 Å². The maximum atomic E-state index is 12.7. The molecular weight excluding hydrogens is 452 g/mol. The van der Waals surface area contributed by atoms with Gasteiger partial charge in [-0.2, -0.15) is 0 Å². The Morgan fingerprint density at radius 1 is 0.829 bits per heavy atom. The van der Waals surface area contributed by atoms with E-state index in [4.69, 9.17) is 4.98 Å². The van der Waals surface area contributed by atoms with E-state index >= 15 is 0 Å². The van der Waals surface area contributed by atoms with Crippen molar-refractivity contribution in [3.05, 3.63) is 106 Å².